The van der Waals surface area contributed by atoms with Gasteiger partial charge in [0.25, 0.3) is 0 Å². The Hall–Kier alpha value is -2.53. The average Bonchev–Trinajstić information content (AvgIpc) is 2.96. The minimum Gasteiger partial charge on any atom is -0.251 e. The van der Waals surface area contributed by atoms with E-state index in [1.165, 1.54) is 17.7 Å². The van der Waals surface area contributed by atoms with Crippen molar-refractivity contribution in [2.75, 3.05) is 0 Å². The molecule has 2 aliphatic rings. The van der Waals surface area contributed by atoms with Crippen LogP contribution in [0, 0.1) is 5.92 Å². The highest BCUT2D eigenvalue weighted by Gasteiger charge is 2.38. The van der Waals surface area contributed by atoms with Gasteiger partial charge in [0.05, 0.1) is 17.0 Å². The van der Waals surface area contributed by atoms with Gasteiger partial charge in [0.15, 0.2) is 0 Å². The molecule has 0 aromatic heterocycles. The normalized spacial score (nSPS) is 20.6. The molecule has 5 heteroatoms. The van der Waals surface area contributed by atoms with Gasteiger partial charge in [-0.25, -0.2) is 0 Å². The van der Waals surface area contributed by atoms with Crippen LogP contribution in [0.15, 0.2) is 82.7 Å². The molecule has 0 N–H and O–H groups in total. The summed E-state index contributed by atoms with van der Waals surface area (Å²) in [6.45, 7) is 0. The Morgan fingerprint density at radius 1 is 0.857 bits per heavy atom. The number of nitrogens with zero attached hydrogens (tertiary/aromatic N) is 1. The molecule has 140 valence electrons. The maximum absolute atomic E-state index is 13.0. The third kappa shape index (κ3) is 2.94. The minimum absolute atomic E-state index is 0.0112. The van der Waals surface area contributed by atoms with Crippen LogP contribution in [-0.4, -0.2) is 5.71 Å². The van der Waals surface area contributed by atoms with Gasteiger partial charge in [-0.3, -0.25) is 4.99 Å². The first-order chi connectivity index (χ1) is 13.5. The maximum Gasteiger partial charge on any atom is 0.416 e. The maximum atomic E-state index is 13.0. The molecule has 1 aliphatic heterocycles. The van der Waals surface area contributed by atoms with E-state index >= 15 is 0 Å². The first-order valence-corrected chi connectivity index (χ1v) is 9.98. The van der Waals surface area contributed by atoms with Gasteiger partial charge >= 0.3 is 6.18 Å². The molecular weight excluding hydrogens is 379 g/mol. The lowest BCUT2D eigenvalue weighted by molar-refractivity contribution is -0.137. The van der Waals surface area contributed by atoms with Gasteiger partial charge in [-0.2, -0.15) is 13.2 Å². The molecule has 0 fully saturated rings. The standard InChI is InChI=1S/C23H16F3NS/c24-23(25,26)16-11-9-14(10-12-16)22-18-13-15-5-1-2-6-17(15)21(18)27-19-7-3-4-8-20(19)28-22/h1-12,18,22H,13H2/t18-,22-/m0/s1. The van der Waals surface area contributed by atoms with Gasteiger partial charge < -0.3 is 0 Å². The third-order valence-electron chi connectivity index (χ3n) is 5.38. The Morgan fingerprint density at radius 2 is 1.57 bits per heavy atom. The van der Waals surface area contributed by atoms with E-state index in [2.05, 4.69) is 12.1 Å². The van der Waals surface area contributed by atoms with E-state index in [9.17, 15) is 13.2 Å². The minimum atomic E-state index is -4.32. The summed E-state index contributed by atoms with van der Waals surface area (Å²) in [6, 6.07) is 21.9. The van der Waals surface area contributed by atoms with E-state index in [1.807, 2.05) is 36.4 Å². The molecule has 0 saturated carbocycles. The number of hydrogen-bond acceptors (Lipinski definition) is 2. The highest BCUT2D eigenvalue weighted by Crippen LogP contribution is 2.51. The molecule has 28 heavy (non-hydrogen) atoms. The molecule has 1 aliphatic carbocycles. The second-order valence-electron chi connectivity index (χ2n) is 7.09. The molecule has 3 aromatic carbocycles. The number of fused-ring (bicyclic) bond motifs is 4. The predicted molar refractivity (Wildman–Crippen MR) is 106 cm³/mol. The van der Waals surface area contributed by atoms with E-state index in [0.717, 1.165) is 33.8 Å². The van der Waals surface area contributed by atoms with Crippen molar-refractivity contribution >= 4 is 23.2 Å². The van der Waals surface area contributed by atoms with Crippen LogP contribution in [-0.2, 0) is 12.6 Å². The molecule has 1 heterocycles. The van der Waals surface area contributed by atoms with Crippen molar-refractivity contribution in [1.82, 2.24) is 0 Å². The van der Waals surface area contributed by atoms with Crippen molar-refractivity contribution in [1.29, 1.82) is 0 Å². The van der Waals surface area contributed by atoms with Crippen LogP contribution in [0.25, 0.3) is 0 Å². The summed E-state index contributed by atoms with van der Waals surface area (Å²) in [6.07, 6.45) is -3.47. The summed E-state index contributed by atoms with van der Waals surface area (Å²) in [5.74, 6) is 0.131. The van der Waals surface area contributed by atoms with Gasteiger partial charge in [0.1, 0.15) is 0 Å². The SMILES string of the molecule is FC(F)(F)c1ccc([C@@H]2Sc3ccccc3N=C3c4ccccc4C[C@@H]32)cc1. The zero-order chi connectivity index (χ0) is 19.3. The van der Waals surface area contributed by atoms with Crippen molar-refractivity contribution in [2.24, 2.45) is 10.9 Å². The third-order valence-corrected chi connectivity index (χ3v) is 6.83. The zero-order valence-electron chi connectivity index (χ0n) is 14.8. The predicted octanol–water partition coefficient (Wildman–Crippen LogP) is 6.85. The first kappa shape index (κ1) is 17.6. The quantitative estimate of drug-likeness (QED) is 0.439. The molecule has 0 spiro atoms. The van der Waals surface area contributed by atoms with Crippen molar-refractivity contribution in [3.8, 4) is 0 Å². The van der Waals surface area contributed by atoms with Crippen LogP contribution >= 0.6 is 11.8 Å². The summed E-state index contributed by atoms with van der Waals surface area (Å²) in [5, 5.41) is 0.0112. The number of halogens is 3. The lowest BCUT2D eigenvalue weighted by Gasteiger charge is -2.23. The van der Waals surface area contributed by atoms with Gasteiger partial charge in [-0.05, 0) is 47.4 Å². The van der Waals surface area contributed by atoms with E-state index in [1.54, 1.807) is 23.9 Å². The summed E-state index contributed by atoms with van der Waals surface area (Å²) in [5.41, 5.74) is 4.67. The Balaban J connectivity index is 1.63. The number of aliphatic imine (C=N–C) groups is 1. The molecule has 0 unspecified atom stereocenters. The summed E-state index contributed by atoms with van der Waals surface area (Å²) in [7, 11) is 0. The molecule has 0 bridgehead atoms. The Morgan fingerprint density at radius 3 is 2.36 bits per heavy atom. The number of alkyl halides is 3. The Bertz CT molecular complexity index is 1070. The largest absolute Gasteiger partial charge is 0.416 e. The lowest BCUT2D eigenvalue weighted by Crippen LogP contribution is -2.17. The number of para-hydroxylation sites is 1. The van der Waals surface area contributed by atoms with Crippen LogP contribution in [0.2, 0.25) is 0 Å². The van der Waals surface area contributed by atoms with E-state index < -0.39 is 11.7 Å². The topological polar surface area (TPSA) is 12.4 Å². The van der Waals surface area contributed by atoms with Gasteiger partial charge in [-0.1, -0.05) is 48.5 Å². The van der Waals surface area contributed by atoms with Gasteiger partial charge in [0.2, 0.25) is 0 Å². The molecular formula is C23H16F3NS. The summed E-state index contributed by atoms with van der Waals surface area (Å²) in [4.78, 5) is 6.05. The van der Waals surface area contributed by atoms with Crippen molar-refractivity contribution < 1.29 is 13.2 Å². The first-order valence-electron chi connectivity index (χ1n) is 9.10. The fourth-order valence-electron chi connectivity index (χ4n) is 4.04. The number of benzene rings is 3. The second-order valence-corrected chi connectivity index (χ2v) is 8.27. The van der Waals surface area contributed by atoms with Crippen molar-refractivity contribution in [3.05, 3.63) is 95.1 Å². The molecule has 5 rings (SSSR count). The van der Waals surface area contributed by atoms with Crippen LogP contribution in [0.1, 0.15) is 27.5 Å². The lowest BCUT2D eigenvalue weighted by atomic mass is 9.93. The average molecular weight is 395 g/mol. The van der Waals surface area contributed by atoms with Crippen LogP contribution in [0.3, 0.4) is 0 Å². The molecule has 0 amide bonds. The van der Waals surface area contributed by atoms with E-state index in [-0.39, 0.29) is 11.2 Å². The number of hydrogen-bond donors (Lipinski definition) is 0. The highest BCUT2D eigenvalue weighted by molar-refractivity contribution is 7.99. The molecule has 1 nitrogen and oxygen atoms in total. The monoisotopic (exact) mass is 395 g/mol. The van der Waals surface area contributed by atoms with Crippen molar-refractivity contribution in [3.63, 3.8) is 0 Å². The summed E-state index contributed by atoms with van der Waals surface area (Å²) < 4.78 is 39.0. The fourth-order valence-corrected chi connectivity index (χ4v) is 5.38. The Labute approximate surface area is 165 Å². The van der Waals surface area contributed by atoms with Gasteiger partial charge in [-0.15, -0.1) is 11.8 Å². The number of thioether (sulfide) groups is 1. The van der Waals surface area contributed by atoms with E-state index in [4.69, 9.17) is 4.99 Å². The fraction of sp³-hybridized carbons (Fsp3) is 0.174. The molecule has 3 aromatic rings. The van der Waals surface area contributed by atoms with E-state index in [0.29, 0.717) is 0 Å². The van der Waals surface area contributed by atoms with Crippen LogP contribution in [0.5, 0.6) is 0 Å². The smallest absolute Gasteiger partial charge is 0.251 e. The number of rotatable bonds is 1. The van der Waals surface area contributed by atoms with Crippen LogP contribution in [0.4, 0.5) is 18.9 Å². The molecule has 0 radical (unpaired) electrons. The molecule has 2 atom stereocenters. The Kier molecular flexibility index (Phi) is 4.09. The van der Waals surface area contributed by atoms with Gasteiger partial charge in [0, 0.05) is 16.1 Å². The highest BCUT2D eigenvalue weighted by atomic mass is 32.2. The van der Waals surface area contributed by atoms with Crippen LogP contribution < -0.4 is 0 Å². The van der Waals surface area contributed by atoms with Crippen molar-refractivity contribution in [2.45, 2.75) is 22.7 Å². The second kappa shape index (κ2) is 6.52. The summed E-state index contributed by atoms with van der Waals surface area (Å²) >= 11 is 1.70. The molecule has 0 saturated heterocycles. The zero-order valence-corrected chi connectivity index (χ0v) is 15.6.